The van der Waals surface area contributed by atoms with Crippen molar-refractivity contribution in [2.24, 2.45) is 11.8 Å². The van der Waals surface area contributed by atoms with Crippen molar-refractivity contribution in [1.82, 2.24) is 4.90 Å². The van der Waals surface area contributed by atoms with Gasteiger partial charge < -0.3 is 10.0 Å². The standard InChI is InChI=1S/C14H17NO3S/c1-9-7-11(9)8-15(2)14(18)13-10(5-6-19-13)3-4-12(16)17/h3-6,9,11H,7-8H2,1-2H3,(H,16,17). The Balaban J connectivity index is 2.06. The van der Waals surface area contributed by atoms with Crippen molar-refractivity contribution in [3.63, 3.8) is 0 Å². The Morgan fingerprint density at radius 1 is 1.58 bits per heavy atom. The number of amides is 1. The fraction of sp³-hybridized carbons (Fsp3) is 0.429. The highest BCUT2D eigenvalue weighted by molar-refractivity contribution is 7.12. The average Bonchev–Trinajstić information content (AvgIpc) is 2.88. The highest BCUT2D eigenvalue weighted by Crippen LogP contribution is 2.38. The highest BCUT2D eigenvalue weighted by atomic mass is 32.1. The van der Waals surface area contributed by atoms with E-state index in [0.29, 0.717) is 22.3 Å². The summed E-state index contributed by atoms with van der Waals surface area (Å²) in [5, 5.41) is 10.4. The van der Waals surface area contributed by atoms with Crippen molar-refractivity contribution in [2.45, 2.75) is 13.3 Å². The molecule has 1 amide bonds. The lowest BCUT2D eigenvalue weighted by atomic mass is 10.2. The van der Waals surface area contributed by atoms with Crippen LogP contribution in [0, 0.1) is 11.8 Å². The van der Waals surface area contributed by atoms with E-state index in [9.17, 15) is 9.59 Å². The van der Waals surface area contributed by atoms with Gasteiger partial charge in [-0.1, -0.05) is 6.92 Å². The molecule has 0 saturated heterocycles. The summed E-state index contributed by atoms with van der Waals surface area (Å²) in [6, 6.07) is 1.77. The number of carbonyl (C=O) groups excluding carboxylic acids is 1. The molecule has 0 aromatic carbocycles. The molecule has 0 bridgehead atoms. The van der Waals surface area contributed by atoms with Gasteiger partial charge in [0.2, 0.25) is 0 Å². The van der Waals surface area contributed by atoms with Crippen molar-refractivity contribution < 1.29 is 14.7 Å². The Morgan fingerprint density at radius 2 is 2.26 bits per heavy atom. The molecule has 1 fully saturated rings. The van der Waals surface area contributed by atoms with Crippen LogP contribution in [-0.2, 0) is 4.79 Å². The summed E-state index contributed by atoms with van der Waals surface area (Å²) in [6.07, 6.45) is 3.72. The SMILES string of the molecule is CC1CC1CN(C)C(=O)c1sccc1C=CC(=O)O. The first-order valence-electron chi connectivity index (χ1n) is 6.23. The number of carboxylic acids is 1. The maximum absolute atomic E-state index is 12.3. The van der Waals surface area contributed by atoms with E-state index < -0.39 is 5.97 Å². The zero-order valence-corrected chi connectivity index (χ0v) is 11.8. The highest BCUT2D eigenvalue weighted by Gasteiger charge is 2.34. The van der Waals surface area contributed by atoms with Crippen LogP contribution in [0.5, 0.6) is 0 Å². The second-order valence-corrected chi connectivity index (χ2v) is 5.95. The molecule has 19 heavy (non-hydrogen) atoms. The Bertz CT molecular complexity index is 521. The largest absolute Gasteiger partial charge is 0.478 e. The van der Waals surface area contributed by atoms with E-state index in [2.05, 4.69) is 6.92 Å². The molecule has 4 nitrogen and oxygen atoms in total. The van der Waals surface area contributed by atoms with E-state index in [1.807, 2.05) is 5.38 Å². The first-order chi connectivity index (χ1) is 8.99. The molecular formula is C14H17NO3S. The van der Waals surface area contributed by atoms with Crippen molar-refractivity contribution in [3.05, 3.63) is 28.0 Å². The van der Waals surface area contributed by atoms with Crippen LogP contribution < -0.4 is 0 Å². The molecule has 1 aromatic rings. The Morgan fingerprint density at radius 3 is 2.84 bits per heavy atom. The molecule has 2 unspecified atom stereocenters. The molecule has 102 valence electrons. The van der Waals surface area contributed by atoms with Gasteiger partial charge in [0.25, 0.3) is 5.91 Å². The number of carboxylic acid groups (broad SMARTS) is 1. The van der Waals surface area contributed by atoms with E-state index in [0.717, 1.165) is 12.6 Å². The van der Waals surface area contributed by atoms with Gasteiger partial charge in [-0.15, -0.1) is 11.3 Å². The second kappa shape index (κ2) is 5.57. The molecule has 1 heterocycles. The fourth-order valence-corrected chi connectivity index (χ4v) is 2.93. The van der Waals surface area contributed by atoms with Gasteiger partial charge in [0, 0.05) is 19.7 Å². The first kappa shape index (κ1) is 13.8. The summed E-state index contributed by atoms with van der Waals surface area (Å²) in [6.45, 7) is 2.97. The predicted molar refractivity (Wildman–Crippen MR) is 75.2 cm³/mol. The monoisotopic (exact) mass is 279 g/mol. The van der Waals surface area contributed by atoms with E-state index >= 15 is 0 Å². The number of rotatable bonds is 5. The van der Waals surface area contributed by atoms with Crippen LogP contribution in [-0.4, -0.2) is 35.5 Å². The van der Waals surface area contributed by atoms with Gasteiger partial charge >= 0.3 is 5.97 Å². The van der Waals surface area contributed by atoms with Crippen LogP contribution >= 0.6 is 11.3 Å². The third-order valence-electron chi connectivity index (χ3n) is 3.43. The zero-order chi connectivity index (χ0) is 14.0. The number of carbonyl (C=O) groups is 2. The van der Waals surface area contributed by atoms with E-state index in [1.165, 1.54) is 23.8 Å². The molecular weight excluding hydrogens is 262 g/mol. The number of thiophene rings is 1. The Hall–Kier alpha value is -1.62. The van der Waals surface area contributed by atoms with Gasteiger partial charge in [-0.2, -0.15) is 0 Å². The number of aliphatic carboxylic acids is 1. The lowest BCUT2D eigenvalue weighted by Gasteiger charge is -2.16. The summed E-state index contributed by atoms with van der Waals surface area (Å²) in [5.41, 5.74) is 0.674. The van der Waals surface area contributed by atoms with Crippen molar-refractivity contribution >= 4 is 29.3 Å². The molecule has 1 aromatic heterocycles. The molecule has 1 aliphatic carbocycles. The zero-order valence-electron chi connectivity index (χ0n) is 11.0. The number of hydrogen-bond donors (Lipinski definition) is 1. The van der Waals surface area contributed by atoms with Crippen LogP contribution in [0.25, 0.3) is 6.08 Å². The van der Waals surface area contributed by atoms with Gasteiger partial charge in [-0.25, -0.2) is 4.79 Å². The first-order valence-corrected chi connectivity index (χ1v) is 7.11. The van der Waals surface area contributed by atoms with Crippen LogP contribution in [0.2, 0.25) is 0 Å². The summed E-state index contributed by atoms with van der Waals surface area (Å²) < 4.78 is 0. The van der Waals surface area contributed by atoms with E-state index in [4.69, 9.17) is 5.11 Å². The lowest BCUT2D eigenvalue weighted by Crippen LogP contribution is -2.28. The lowest BCUT2D eigenvalue weighted by molar-refractivity contribution is -0.131. The molecule has 0 radical (unpaired) electrons. The molecule has 1 aliphatic rings. The number of nitrogens with zero attached hydrogens (tertiary/aromatic N) is 1. The third-order valence-corrected chi connectivity index (χ3v) is 4.34. The van der Waals surface area contributed by atoms with Crippen LogP contribution in [0.4, 0.5) is 0 Å². The van der Waals surface area contributed by atoms with Crippen LogP contribution in [0.1, 0.15) is 28.6 Å². The number of hydrogen-bond acceptors (Lipinski definition) is 3. The summed E-state index contributed by atoms with van der Waals surface area (Å²) in [7, 11) is 1.80. The van der Waals surface area contributed by atoms with Gasteiger partial charge in [0.15, 0.2) is 0 Å². The molecule has 0 aliphatic heterocycles. The average molecular weight is 279 g/mol. The summed E-state index contributed by atoms with van der Waals surface area (Å²) in [4.78, 5) is 25.2. The summed E-state index contributed by atoms with van der Waals surface area (Å²) in [5.74, 6) is 0.292. The Kier molecular flexibility index (Phi) is 4.04. The van der Waals surface area contributed by atoms with Crippen LogP contribution in [0.3, 0.4) is 0 Å². The molecule has 2 rings (SSSR count). The predicted octanol–water partition coefficient (Wildman–Crippen LogP) is 2.57. The minimum Gasteiger partial charge on any atom is -0.478 e. The maximum atomic E-state index is 12.3. The minimum absolute atomic E-state index is 0.0286. The van der Waals surface area contributed by atoms with Crippen LogP contribution in [0.15, 0.2) is 17.5 Å². The van der Waals surface area contributed by atoms with Gasteiger partial charge in [-0.05, 0) is 41.3 Å². The minimum atomic E-state index is -1.01. The second-order valence-electron chi connectivity index (χ2n) is 5.04. The summed E-state index contributed by atoms with van der Waals surface area (Å²) >= 11 is 1.35. The Labute approximate surface area is 116 Å². The van der Waals surface area contributed by atoms with Crippen molar-refractivity contribution in [1.29, 1.82) is 0 Å². The van der Waals surface area contributed by atoms with Crippen molar-refractivity contribution in [2.75, 3.05) is 13.6 Å². The normalized spacial score (nSPS) is 21.6. The van der Waals surface area contributed by atoms with Gasteiger partial charge in [-0.3, -0.25) is 4.79 Å². The smallest absolute Gasteiger partial charge is 0.328 e. The van der Waals surface area contributed by atoms with Gasteiger partial charge in [0.1, 0.15) is 0 Å². The topological polar surface area (TPSA) is 57.6 Å². The third kappa shape index (κ3) is 3.44. The van der Waals surface area contributed by atoms with E-state index in [1.54, 1.807) is 18.0 Å². The van der Waals surface area contributed by atoms with Gasteiger partial charge in [0.05, 0.1) is 4.88 Å². The molecule has 0 spiro atoms. The van der Waals surface area contributed by atoms with E-state index in [-0.39, 0.29) is 5.91 Å². The quantitative estimate of drug-likeness (QED) is 0.843. The molecule has 1 saturated carbocycles. The molecule has 5 heteroatoms. The maximum Gasteiger partial charge on any atom is 0.328 e. The fourth-order valence-electron chi connectivity index (χ4n) is 2.05. The van der Waals surface area contributed by atoms with Crippen molar-refractivity contribution in [3.8, 4) is 0 Å². The molecule has 2 atom stereocenters. The molecule has 1 N–H and O–H groups in total.